The molecule has 0 unspecified atom stereocenters. The molecule has 2 aromatic rings. The highest BCUT2D eigenvalue weighted by Crippen LogP contribution is 2.29. The van der Waals surface area contributed by atoms with Crippen molar-refractivity contribution in [1.82, 2.24) is 0 Å². The number of aliphatic carboxylic acids is 1. The Balaban J connectivity index is 0.000000952. The summed E-state index contributed by atoms with van der Waals surface area (Å²) < 4.78 is 14.1. The van der Waals surface area contributed by atoms with Crippen molar-refractivity contribution in [1.29, 1.82) is 0 Å². The second-order valence-electron chi connectivity index (χ2n) is 5.70. The largest absolute Gasteiger partial charge is 0.481 e. The summed E-state index contributed by atoms with van der Waals surface area (Å²) in [5.41, 5.74) is 0.609. The number of carboxylic acids is 1. The van der Waals surface area contributed by atoms with Crippen LogP contribution in [0.1, 0.15) is 53.5 Å². The maximum atomic E-state index is 14.1. The van der Waals surface area contributed by atoms with Crippen LogP contribution in [0.5, 0.6) is 0 Å². The van der Waals surface area contributed by atoms with Crippen molar-refractivity contribution in [2.75, 3.05) is 0 Å². The number of carbonyl (C=O) groups is 1. The van der Waals surface area contributed by atoms with Crippen LogP contribution in [-0.2, 0) is 10.2 Å². The Labute approximate surface area is 145 Å². The predicted molar refractivity (Wildman–Crippen MR) is 99.8 cm³/mol. The van der Waals surface area contributed by atoms with Crippen molar-refractivity contribution in [3.63, 3.8) is 0 Å². The molecule has 0 saturated heterocycles. The van der Waals surface area contributed by atoms with Gasteiger partial charge in [-0.1, -0.05) is 76.6 Å². The number of benzene rings is 2. The average molecular weight is 332 g/mol. The molecule has 0 bridgehead atoms. The fourth-order valence-corrected chi connectivity index (χ4v) is 1.88. The van der Waals surface area contributed by atoms with E-state index in [0.29, 0.717) is 11.1 Å². The van der Waals surface area contributed by atoms with Gasteiger partial charge >= 0.3 is 5.97 Å². The minimum Gasteiger partial charge on any atom is -0.481 e. The topological polar surface area (TPSA) is 37.3 Å². The summed E-state index contributed by atoms with van der Waals surface area (Å²) in [5.74, 6) is -1.38. The molecule has 0 atom stereocenters. The molecular weight excluding hydrogens is 303 g/mol. The van der Waals surface area contributed by atoms with Gasteiger partial charge in [-0.2, -0.15) is 0 Å². The van der Waals surface area contributed by atoms with Gasteiger partial charge in [0.15, 0.2) is 0 Å². The molecule has 2 nitrogen and oxygen atoms in total. The summed E-state index contributed by atoms with van der Waals surface area (Å²) >= 11 is 0. The van der Waals surface area contributed by atoms with Crippen molar-refractivity contribution < 1.29 is 14.3 Å². The van der Waals surface area contributed by atoms with Gasteiger partial charge in [0.05, 0.1) is 5.41 Å². The highest BCUT2D eigenvalue weighted by Gasteiger charge is 2.30. The molecule has 2 rings (SSSR count). The van der Waals surface area contributed by atoms with Crippen LogP contribution in [0.3, 0.4) is 0 Å². The summed E-state index contributed by atoms with van der Waals surface area (Å²) in [6, 6.07) is 13.8. The van der Waals surface area contributed by atoms with Gasteiger partial charge in [-0.25, -0.2) is 4.39 Å². The molecule has 0 radical (unpaired) electrons. The molecule has 3 heteroatoms. The van der Waals surface area contributed by atoms with Gasteiger partial charge in [0.1, 0.15) is 5.82 Å². The molecule has 0 heterocycles. The maximum Gasteiger partial charge on any atom is 0.313 e. The van der Waals surface area contributed by atoms with Gasteiger partial charge < -0.3 is 5.11 Å². The standard InChI is InChI=1S/C16H15FO2.C3H8.C2H6/c1-16(2,15(18)19)12-8-9-13(14(17)10-12)11-6-4-3-5-7-11;1-3-2;1-2/h3-10H,1-2H3,(H,18,19);3H2,1-2H3;1-2H3. The molecule has 0 amide bonds. The molecule has 0 fully saturated rings. The van der Waals surface area contributed by atoms with Crippen molar-refractivity contribution in [3.05, 3.63) is 59.9 Å². The van der Waals surface area contributed by atoms with Crippen LogP contribution in [0.25, 0.3) is 11.1 Å². The number of carboxylic acid groups (broad SMARTS) is 1. The molecule has 0 aliphatic carbocycles. The molecular formula is C21H29FO2. The van der Waals surface area contributed by atoms with Crippen molar-refractivity contribution in [2.45, 2.75) is 53.4 Å². The Morgan fingerprint density at radius 3 is 1.96 bits per heavy atom. The fraction of sp³-hybridized carbons (Fsp3) is 0.381. The Kier molecular flexibility index (Phi) is 9.63. The minimum atomic E-state index is -1.10. The minimum absolute atomic E-state index is 0.405. The Morgan fingerprint density at radius 2 is 1.54 bits per heavy atom. The second kappa shape index (κ2) is 10.6. The first-order chi connectivity index (χ1) is 11.3. The monoisotopic (exact) mass is 332 g/mol. The van der Waals surface area contributed by atoms with Crippen molar-refractivity contribution in [3.8, 4) is 11.1 Å². The van der Waals surface area contributed by atoms with E-state index in [1.807, 2.05) is 44.2 Å². The fourth-order valence-electron chi connectivity index (χ4n) is 1.88. The van der Waals surface area contributed by atoms with E-state index < -0.39 is 17.2 Å². The highest BCUT2D eigenvalue weighted by atomic mass is 19.1. The summed E-state index contributed by atoms with van der Waals surface area (Å²) in [6.07, 6.45) is 1.25. The third-order valence-corrected chi connectivity index (χ3v) is 3.31. The van der Waals surface area contributed by atoms with Gasteiger partial charge in [0.25, 0.3) is 0 Å². The zero-order valence-corrected chi connectivity index (χ0v) is 15.6. The summed E-state index contributed by atoms with van der Waals surface area (Å²) in [5, 5.41) is 9.15. The first-order valence-corrected chi connectivity index (χ1v) is 8.43. The summed E-state index contributed by atoms with van der Waals surface area (Å²) in [4.78, 5) is 11.2. The lowest BCUT2D eigenvalue weighted by Crippen LogP contribution is -2.28. The van der Waals surface area contributed by atoms with E-state index in [0.717, 1.165) is 5.56 Å². The van der Waals surface area contributed by atoms with Crippen LogP contribution in [-0.4, -0.2) is 11.1 Å². The molecule has 1 N–H and O–H groups in total. The first-order valence-electron chi connectivity index (χ1n) is 8.43. The van der Waals surface area contributed by atoms with Crippen molar-refractivity contribution >= 4 is 5.97 Å². The molecule has 0 aliphatic rings. The summed E-state index contributed by atoms with van der Waals surface area (Å²) in [7, 11) is 0. The van der Waals surface area contributed by atoms with Crippen molar-refractivity contribution in [2.24, 2.45) is 0 Å². The van der Waals surface area contributed by atoms with E-state index in [2.05, 4.69) is 13.8 Å². The molecule has 132 valence electrons. The number of hydrogen-bond donors (Lipinski definition) is 1. The predicted octanol–water partition coefficient (Wildman–Crippen LogP) is 6.30. The van der Waals surface area contributed by atoms with Gasteiger partial charge in [-0.3, -0.25) is 4.79 Å². The van der Waals surface area contributed by atoms with Gasteiger partial charge in [0, 0.05) is 5.56 Å². The van der Waals surface area contributed by atoms with Crippen LogP contribution >= 0.6 is 0 Å². The molecule has 0 spiro atoms. The van der Waals surface area contributed by atoms with Crippen LogP contribution < -0.4 is 0 Å². The number of halogens is 1. The van der Waals surface area contributed by atoms with E-state index in [4.69, 9.17) is 5.11 Å². The quantitative estimate of drug-likeness (QED) is 0.716. The molecule has 0 aromatic heterocycles. The molecule has 0 aliphatic heterocycles. The molecule has 0 saturated carbocycles. The lowest BCUT2D eigenvalue weighted by atomic mass is 9.84. The molecule has 24 heavy (non-hydrogen) atoms. The lowest BCUT2D eigenvalue weighted by Gasteiger charge is -2.20. The van der Waals surface area contributed by atoms with E-state index in [-0.39, 0.29) is 0 Å². The van der Waals surface area contributed by atoms with Gasteiger partial charge in [0.2, 0.25) is 0 Å². The maximum absolute atomic E-state index is 14.1. The Morgan fingerprint density at radius 1 is 1.04 bits per heavy atom. The number of rotatable bonds is 3. The zero-order valence-electron chi connectivity index (χ0n) is 15.6. The average Bonchev–Trinajstić information content (AvgIpc) is 2.58. The second-order valence-corrected chi connectivity index (χ2v) is 5.70. The SMILES string of the molecule is CC.CC(C)(C(=O)O)c1ccc(-c2ccccc2)c(F)c1.CCC. The van der Waals surface area contributed by atoms with E-state index in [1.54, 1.807) is 26.0 Å². The van der Waals surface area contributed by atoms with E-state index in [9.17, 15) is 9.18 Å². The first kappa shape index (κ1) is 21.8. The van der Waals surface area contributed by atoms with Gasteiger partial charge in [-0.15, -0.1) is 0 Å². The van der Waals surface area contributed by atoms with E-state index in [1.165, 1.54) is 12.5 Å². The smallest absolute Gasteiger partial charge is 0.313 e. The zero-order chi connectivity index (χ0) is 18.8. The van der Waals surface area contributed by atoms with Crippen LogP contribution in [0.4, 0.5) is 4.39 Å². The van der Waals surface area contributed by atoms with E-state index >= 15 is 0 Å². The normalized spacial score (nSPS) is 9.96. The highest BCUT2D eigenvalue weighted by molar-refractivity contribution is 5.80. The van der Waals surface area contributed by atoms with Crippen LogP contribution in [0, 0.1) is 5.82 Å². The third-order valence-electron chi connectivity index (χ3n) is 3.31. The Bertz CT molecular complexity index is 619. The Hall–Kier alpha value is -2.16. The number of hydrogen-bond acceptors (Lipinski definition) is 1. The molecule has 2 aromatic carbocycles. The van der Waals surface area contributed by atoms with Crippen LogP contribution in [0.15, 0.2) is 48.5 Å². The van der Waals surface area contributed by atoms with Gasteiger partial charge in [-0.05, 0) is 31.0 Å². The third kappa shape index (κ3) is 5.80. The van der Waals surface area contributed by atoms with Crippen LogP contribution in [0.2, 0.25) is 0 Å². The summed E-state index contributed by atoms with van der Waals surface area (Å²) in [6.45, 7) is 11.4. The lowest BCUT2D eigenvalue weighted by molar-refractivity contribution is -0.142.